The van der Waals surface area contributed by atoms with Crippen LogP contribution in [0, 0.1) is 0 Å². The van der Waals surface area contributed by atoms with E-state index in [-0.39, 0.29) is 23.2 Å². The van der Waals surface area contributed by atoms with E-state index in [9.17, 15) is 24.3 Å². The third-order valence-electron chi connectivity index (χ3n) is 4.62. The van der Waals surface area contributed by atoms with E-state index in [2.05, 4.69) is 5.32 Å². The van der Waals surface area contributed by atoms with Gasteiger partial charge in [-0.1, -0.05) is 23.4 Å². The molecule has 2 N–H and O–H groups in total. The number of halogens is 1. The number of hydrogen-bond donors (Lipinski definition) is 2. The minimum absolute atomic E-state index is 0.110. The minimum Gasteiger partial charge on any atom is -0.484 e. The molecule has 160 valence electrons. The molecule has 1 saturated heterocycles. The van der Waals surface area contributed by atoms with Gasteiger partial charge in [0.05, 0.1) is 0 Å². The van der Waals surface area contributed by atoms with Crippen LogP contribution in [0.25, 0.3) is 0 Å². The van der Waals surface area contributed by atoms with Gasteiger partial charge in [-0.05, 0) is 36.8 Å². The molecule has 0 saturated carbocycles. The number of carboxylic acid groups (broad SMARTS) is 1. The Bertz CT molecular complexity index is 935. The second-order valence-corrected chi connectivity index (χ2v) is 9.53. The van der Waals surface area contributed by atoms with Crippen LogP contribution in [-0.2, 0) is 19.2 Å². The van der Waals surface area contributed by atoms with Gasteiger partial charge in [0, 0.05) is 23.5 Å². The van der Waals surface area contributed by atoms with Gasteiger partial charge in [0.25, 0.3) is 11.8 Å². The maximum atomic E-state index is 12.8. The lowest BCUT2D eigenvalue weighted by Gasteiger charge is -2.55. The van der Waals surface area contributed by atoms with Crippen LogP contribution in [0.4, 0.5) is 0 Å². The topological polar surface area (TPSA) is 113 Å². The molecule has 2 atom stereocenters. The highest BCUT2D eigenvalue weighted by Crippen LogP contribution is 2.46. The summed E-state index contributed by atoms with van der Waals surface area (Å²) in [6.07, 6.45) is 0. The number of carbonyl (C=O) groups excluding carboxylic acids is 3. The summed E-state index contributed by atoms with van der Waals surface area (Å²) >= 11 is 8.15. The van der Waals surface area contributed by atoms with Crippen molar-refractivity contribution in [3.63, 3.8) is 0 Å². The fourth-order valence-corrected chi connectivity index (χ4v) is 5.52. The first-order valence-electron chi connectivity index (χ1n) is 8.87. The van der Waals surface area contributed by atoms with Crippen LogP contribution in [0.2, 0.25) is 5.02 Å². The Hall–Kier alpha value is -2.17. The van der Waals surface area contributed by atoms with Crippen LogP contribution >= 0.6 is 35.1 Å². The molecule has 11 heteroatoms. The molecule has 1 fully saturated rings. The number of benzene rings is 1. The van der Waals surface area contributed by atoms with Gasteiger partial charge < -0.3 is 15.2 Å². The van der Waals surface area contributed by atoms with Crippen molar-refractivity contribution >= 4 is 58.0 Å². The normalized spacial score (nSPS) is 22.8. The van der Waals surface area contributed by atoms with Gasteiger partial charge in [0.1, 0.15) is 22.4 Å². The molecule has 1 aromatic rings. The lowest BCUT2D eigenvalue weighted by atomic mass is 9.88. The molecule has 0 spiro atoms. The molecule has 2 amide bonds. The summed E-state index contributed by atoms with van der Waals surface area (Å²) in [5.41, 5.74) is -0.844. The maximum absolute atomic E-state index is 12.8. The van der Waals surface area contributed by atoms with Crippen molar-refractivity contribution in [2.45, 2.75) is 24.8 Å². The second-order valence-electron chi connectivity index (χ2n) is 6.87. The number of rotatable bonds is 7. The number of nitrogens with zero attached hydrogens (tertiary/aromatic N) is 1. The highest BCUT2D eigenvalue weighted by molar-refractivity contribution is 8.13. The zero-order valence-corrected chi connectivity index (χ0v) is 18.5. The average Bonchev–Trinajstić information content (AvgIpc) is 2.70. The summed E-state index contributed by atoms with van der Waals surface area (Å²) in [5.74, 6) is -1.23. The molecule has 0 radical (unpaired) electrons. The zero-order chi connectivity index (χ0) is 22.1. The highest BCUT2D eigenvalue weighted by atomic mass is 35.5. The molecule has 2 heterocycles. The van der Waals surface area contributed by atoms with Crippen LogP contribution < -0.4 is 10.1 Å². The van der Waals surface area contributed by atoms with Crippen LogP contribution in [0.1, 0.15) is 13.8 Å². The van der Waals surface area contributed by atoms with Crippen molar-refractivity contribution in [2.24, 2.45) is 0 Å². The Morgan fingerprint density at radius 3 is 2.63 bits per heavy atom. The predicted octanol–water partition coefficient (Wildman–Crippen LogP) is 2.13. The number of amides is 2. The number of nitrogens with one attached hydrogen (secondary N) is 1. The van der Waals surface area contributed by atoms with Crippen molar-refractivity contribution in [3.05, 3.63) is 40.6 Å². The Morgan fingerprint density at radius 2 is 2.03 bits per heavy atom. The quantitative estimate of drug-likeness (QED) is 0.583. The Balaban J connectivity index is 1.67. The van der Waals surface area contributed by atoms with Crippen LogP contribution in [-0.4, -0.2) is 61.9 Å². The molecule has 0 aromatic heterocycles. The van der Waals surface area contributed by atoms with Gasteiger partial charge in [-0.3, -0.25) is 19.3 Å². The van der Waals surface area contributed by atoms with Gasteiger partial charge in [-0.15, -0.1) is 11.8 Å². The fourth-order valence-electron chi connectivity index (χ4n) is 3.21. The monoisotopic (exact) mass is 470 g/mol. The number of hydrogen-bond acceptors (Lipinski definition) is 7. The number of ether oxygens (including phenoxy) is 1. The predicted molar refractivity (Wildman–Crippen MR) is 114 cm³/mol. The summed E-state index contributed by atoms with van der Waals surface area (Å²) in [5, 5.41) is 12.1. The molecule has 2 aliphatic heterocycles. The lowest BCUT2D eigenvalue weighted by molar-refractivity contribution is -0.158. The summed E-state index contributed by atoms with van der Waals surface area (Å²) in [6, 6.07) is 6.50. The lowest BCUT2D eigenvalue weighted by Crippen LogP contribution is -2.78. The molecular formula is C19H19ClN2O6S2. The van der Waals surface area contributed by atoms with Crippen LogP contribution in [0.5, 0.6) is 5.75 Å². The van der Waals surface area contributed by atoms with E-state index in [0.29, 0.717) is 22.1 Å². The Morgan fingerprint density at radius 1 is 1.37 bits per heavy atom. The molecule has 2 aliphatic rings. The first-order chi connectivity index (χ1) is 14.1. The van der Waals surface area contributed by atoms with Gasteiger partial charge in [0.2, 0.25) is 0 Å². The summed E-state index contributed by atoms with van der Waals surface area (Å²) in [7, 11) is 0. The molecule has 0 aliphatic carbocycles. The number of carboxylic acids is 1. The van der Waals surface area contributed by atoms with Gasteiger partial charge in [0.15, 0.2) is 11.7 Å². The Kier molecular flexibility index (Phi) is 6.68. The Labute approximate surface area is 186 Å². The van der Waals surface area contributed by atoms with Crippen molar-refractivity contribution < 1.29 is 29.0 Å². The van der Waals surface area contributed by atoms with Crippen LogP contribution in [0.15, 0.2) is 35.5 Å². The smallest absolute Gasteiger partial charge is 0.352 e. The van der Waals surface area contributed by atoms with Gasteiger partial charge >= 0.3 is 5.97 Å². The number of fused-ring (bicyclic) bond motifs is 1. The van der Waals surface area contributed by atoms with Gasteiger partial charge in [-0.25, -0.2) is 4.79 Å². The maximum Gasteiger partial charge on any atom is 0.352 e. The van der Waals surface area contributed by atoms with Crippen molar-refractivity contribution in [1.82, 2.24) is 10.2 Å². The van der Waals surface area contributed by atoms with Crippen LogP contribution in [0.3, 0.4) is 0 Å². The van der Waals surface area contributed by atoms with E-state index >= 15 is 0 Å². The standard InChI is InChI=1S/C19H19ClN2O6S2/c1-10(23)29-8-11-9-30-18-19(2,17(27)22(18)15(11)16(25)26)21-14(24)7-28-13-5-3-12(20)4-6-13/h3-6,18H,7-9H2,1-2H3,(H,21,24)(H,25,26)/t18-,19+/m1/s1. The molecule has 0 unspecified atom stereocenters. The SMILES string of the molecule is CC(=O)SCC1=C(C(=O)O)N2C(=O)[C@](C)(NC(=O)COc3ccc(Cl)cc3)[C@H]2SC1. The highest BCUT2D eigenvalue weighted by Gasteiger charge is 2.62. The molecule has 30 heavy (non-hydrogen) atoms. The van der Waals surface area contributed by atoms with Crippen molar-refractivity contribution in [1.29, 1.82) is 0 Å². The zero-order valence-electron chi connectivity index (χ0n) is 16.1. The summed E-state index contributed by atoms with van der Waals surface area (Å²) < 4.78 is 5.40. The van der Waals surface area contributed by atoms with E-state index in [4.69, 9.17) is 16.3 Å². The number of β-lactam (4-membered cyclic amide) rings is 1. The van der Waals surface area contributed by atoms with Crippen molar-refractivity contribution in [2.75, 3.05) is 18.1 Å². The first-order valence-corrected chi connectivity index (χ1v) is 11.3. The summed E-state index contributed by atoms with van der Waals surface area (Å²) in [6.45, 7) is 2.67. The number of aliphatic carboxylic acids is 1. The third kappa shape index (κ3) is 4.45. The van der Waals surface area contributed by atoms with E-state index < -0.39 is 28.7 Å². The second kappa shape index (κ2) is 8.91. The van der Waals surface area contributed by atoms with E-state index in [1.165, 1.54) is 23.6 Å². The molecule has 1 aromatic carbocycles. The largest absolute Gasteiger partial charge is 0.484 e. The number of carbonyl (C=O) groups is 4. The van der Waals surface area contributed by atoms with Crippen molar-refractivity contribution in [3.8, 4) is 5.75 Å². The molecular weight excluding hydrogens is 452 g/mol. The van der Waals surface area contributed by atoms with E-state index in [1.807, 2.05) is 0 Å². The minimum atomic E-state index is -1.24. The summed E-state index contributed by atoms with van der Waals surface area (Å²) in [4.78, 5) is 49.4. The van der Waals surface area contributed by atoms with E-state index in [1.54, 1.807) is 31.2 Å². The van der Waals surface area contributed by atoms with E-state index in [0.717, 1.165) is 11.8 Å². The third-order valence-corrected chi connectivity index (χ3v) is 7.28. The molecule has 3 rings (SSSR count). The van der Waals surface area contributed by atoms with Gasteiger partial charge in [-0.2, -0.15) is 0 Å². The molecule has 8 nitrogen and oxygen atoms in total. The first kappa shape index (κ1) is 22.5. The number of thioether (sulfide) groups is 2. The fraction of sp³-hybridized carbons (Fsp3) is 0.368. The average molecular weight is 471 g/mol. The molecule has 0 bridgehead atoms.